The van der Waals surface area contributed by atoms with E-state index < -0.39 is 0 Å². The normalized spacial score (nSPS) is 12.0. The van der Waals surface area contributed by atoms with Gasteiger partial charge in [-0.2, -0.15) is 0 Å². The number of rotatable bonds is 5. The first-order valence-electron chi connectivity index (χ1n) is 6.38. The Hall–Kier alpha value is -1.68. The van der Waals surface area contributed by atoms with Crippen LogP contribution in [-0.2, 0) is 0 Å². The number of benzene rings is 2. The molecule has 2 aromatic rings. The summed E-state index contributed by atoms with van der Waals surface area (Å²) >= 11 is 1.72. The molecule has 0 spiro atoms. The lowest BCUT2D eigenvalue weighted by Crippen LogP contribution is -2.06. The molecule has 2 aromatic carbocycles. The number of ether oxygens (including phenoxy) is 1. The van der Waals surface area contributed by atoms with E-state index in [1.807, 2.05) is 0 Å². The Morgan fingerprint density at radius 1 is 1.15 bits per heavy atom. The van der Waals surface area contributed by atoms with Crippen LogP contribution in [0, 0.1) is 5.82 Å². The lowest BCUT2D eigenvalue weighted by molar-refractivity contribution is 0.387. The van der Waals surface area contributed by atoms with Crippen molar-refractivity contribution in [2.24, 2.45) is 0 Å². The molecule has 0 radical (unpaired) electrons. The van der Waals surface area contributed by atoms with Gasteiger partial charge in [-0.05, 0) is 43.0 Å². The fourth-order valence-electron chi connectivity index (χ4n) is 1.98. The van der Waals surface area contributed by atoms with Crippen LogP contribution in [0.25, 0.3) is 0 Å². The van der Waals surface area contributed by atoms with Gasteiger partial charge in [0.2, 0.25) is 0 Å². The van der Waals surface area contributed by atoms with Crippen molar-refractivity contribution < 1.29 is 9.13 Å². The minimum Gasteiger partial charge on any atom is -0.494 e. The molecule has 1 N–H and O–H groups in total. The van der Waals surface area contributed by atoms with E-state index in [2.05, 4.69) is 42.8 Å². The summed E-state index contributed by atoms with van der Waals surface area (Å²) in [5.74, 6) is -0.102. The summed E-state index contributed by atoms with van der Waals surface area (Å²) in [6.45, 7) is 2.07. The van der Waals surface area contributed by atoms with Crippen molar-refractivity contribution in [1.82, 2.24) is 0 Å². The van der Waals surface area contributed by atoms with Crippen LogP contribution in [-0.4, -0.2) is 13.4 Å². The van der Waals surface area contributed by atoms with Crippen molar-refractivity contribution in [3.8, 4) is 5.75 Å². The molecule has 0 aromatic heterocycles. The molecule has 106 valence electrons. The van der Waals surface area contributed by atoms with Gasteiger partial charge in [0.05, 0.1) is 7.11 Å². The van der Waals surface area contributed by atoms with Crippen LogP contribution in [0.3, 0.4) is 0 Å². The zero-order chi connectivity index (χ0) is 14.5. The molecule has 0 saturated heterocycles. The van der Waals surface area contributed by atoms with Crippen LogP contribution in [0.1, 0.15) is 18.5 Å². The fraction of sp³-hybridized carbons (Fsp3) is 0.250. The number of anilines is 1. The second-order valence-corrected chi connectivity index (χ2v) is 5.37. The van der Waals surface area contributed by atoms with Gasteiger partial charge in [0.1, 0.15) is 0 Å². The standard InChI is InChI=1S/C16H18FNOS/c1-11(12-4-7-14(20-3)8-5-12)18-13-6-9-15(17)16(10-13)19-2/h4-11,18H,1-3H3. The smallest absolute Gasteiger partial charge is 0.165 e. The topological polar surface area (TPSA) is 21.3 Å². The molecular weight excluding hydrogens is 273 g/mol. The highest BCUT2D eigenvalue weighted by Crippen LogP contribution is 2.26. The molecular formula is C16H18FNOS. The molecule has 0 aliphatic rings. The molecule has 0 saturated carbocycles. The molecule has 0 heterocycles. The van der Waals surface area contributed by atoms with E-state index in [0.717, 1.165) is 5.69 Å². The van der Waals surface area contributed by atoms with Crippen molar-refractivity contribution in [3.63, 3.8) is 0 Å². The highest BCUT2D eigenvalue weighted by atomic mass is 32.2. The predicted octanol–water partition coefficient (Wildman–Crippen LogP) is 4.73. The first-order valence-corrected chi connectivity index (χ1v) is 7.60. The molecule has 1 unspecified atom stereocenters. The van der Waals surface area contributed by atoms with Crippen molar-refractivity contribution in [2.75, 3.05) is 18.7 Å². The number of hydrogen-bond donors (Lipinski definition) is 1. The Balaban J connectivity index is 2.12. The van der Waals surface area contributed by atoms with Gasteiger partial charge in [-0.3, -0.25) is 0 Å². The maximum absolute atomic E-state index is 13.4. The van der Waals surface area contributed by atoms with Gasteiger partial charge in [-0.15, -0.1) is 11.8 Å². The minimum absolute atomic E-state index is 0.140. The summed E-state index contributed by atoms with van der Waals surface area (Å²) < 4.78 is 18.3. The van der Waals surface area contributed by atoms with Crippen molar-refractivity contribution in [3.05, 3.63) is 53.8 Å². The van der Waals surface area contributed by atoms with Gasteiger partial charge in [-0.25, -0.2) is 4.39 Å². The quantitative estimate of drug-likeness (QED) is 0.805. The summed E-state index contributed by atoms with van der Waals surface area (Å²) in [7, 11) is 1.47. The van der Waals surface area contributed by atoms with E-state index in [1.54, 1.807) is 23.9 Å². The van der Waals surface area contributed by atoms with E-state index >= 15 is 0 Å². The minimum atomic E-state index is -0.352. The van der Waals surface area contributed by atoms with E-state index in [0.29, 0.717) is 0 Å². The van der Waals surface area contributed by atoms with E-state index in [4.69, 9.17) is 4.74 Å². The second-order valence-electron chi connectivity index (χ2n) is 4.49. The summed E-state index contributed by atoms with van der Waals surface area (Å²) in [5, 5.41) is 3.34. The third kappa shape index (κ3) is 3.45. The zero-order valence-electron chi connectivity index (χ0n) is 11.8. The van der Waals surface area contributed by atoms with E-state index in [9.17, 15) is 4.39 Å². The van der Waals surface area contributed by atoms with Crippen LogP contribution >= 0.6 is 11.8 Å². The fourth-order valence-corrected chi connectivity index (χ4v) is 2.38. The van der Waals surface area contributed by atoms with Crippen LogP contribution in [0.5, 0.6) is 5.75 Å². The first kappa shape index (κ1) is 14.7. The van der Waals surface area contributed by atoms with Gasteiger partial charge < -0.3 is 10.1 Å². The Bertz CT molecular complexity index is 571. The Morgan fingerprint density at radius 2 is 1.85 bits per heavy atom. The molecule has 20 heavy (non-hydrogen) atoms. The largest absolute Gasteiger partial charge is 0.494 e. The van der Waals surface area contributed by atoms with Gasteiger partial charge in [0.15, 0.2) is 11.6 Å². The molecule has 0 aliphatic heterocycles. The Morgan fingerprint density at radius 3 is 2.45 bits per heavy atom. The number of hydrogen-bond acceptors (Lipinski definition) is 3. The zero-order valence-corrected chi connectivity index (χ0v) is 12.6. The van der Waals surface area contributed by atoms with Crippen molar-refractivity contribution in [2.45, 2.75) is 17.9 Å². The van der Waals surface area contributed by atoms with E-state index in [-0.39, 0.29) is 17.6 Å². The average Bonchev–Trinajstić information content (AvgIpc) is 2.49. The lowest BCUT2D eigenvalue weighted by atomic mass is 10.1. The third-order valence-electron chi connectivity index (χ3n) is 3.15. The molecule has 2 nitrogen and oxygen atoms in total. The van der Waals surface area contributed by atoms with Crippen LogP contribution < -0.4 is 10.1 Å². The lowest BCUT2D eigenvalue weighted by Gasteiger charge is -2.16. The molecule has 0 aliphatic carbocycles. The maximum atomic E-state index is 13.4. The Kier molecular flexibility index (Phi) is 4.90. The number of nitrogens with one attached hydrogen (secondary N) is 1. The third-order valence-corrected chi connectivity index (χ3v) is 3.89. The van der Waals surface area contributed by atoms with Crippen LogP contribution in [0.2, 0.25) is 0 Å². The predicted molar refractivity (Wildman–Crippen MR) is 83.2 cm³/mol. The van der Waals surface area contributed by atoms with Crippen molar-refractivity contribution >= 4 is 17.4 Å². The molecule has 1 atom stereocenters. The number of thioether (sulfide) groups is 1. The SMILES string of the molecule is COc1cc(NC(C)c2ccc(SC)cc2)ccc1F. The van der Waals surface area contributed by atoms with Gasteiger partial charge in [0.25, 0.3) is 0 Å². The molecule has 0 fully saturated rings. The average molecular weight is 291 g/mol. The highest BCUT2D eigenvalue weighted by Gasteiger charge is 2.08. The summed E-state index contributed by atoms with van der Waals surface area (Å²) in [6.07, 6.45) is 2.06. The van der Waals surface area contributed by atoms with Crippen LogP contribution in [0.15, 0.2) is 47.4 Å². The highest BCUT2D eigenvalue weighted by molar-refractivity contribution is 7.98. The van der Waals surface area contributed by atoms with E-state index in [1.165, 1.54) is 23.6 Å². The second kappa shape index (κ2) is 6.66. The first-order chi connectivity index (χ1) is 9.63. The maximum Gasteiger partial charge on any atom is 0.165 e. The summed E-state index contributed by atoms with van der Waals surface area (Å²) in [5.41, 5.74) is 2.02. The number of halogens is 1. The van der Waals surface area contributed by atoms with Crippen LogP contribution in [0.4, 0.5) is 10.1 Å². The van der Waals surface area contributed by atoms with Gasteiger partial charge in [0, 0.05) is 22.7 Å². The van der Waals surface area contributed by atoms with Gasteiger partial charge >= 0.3 is 0 Å². The summed E-state index contributed by atoms with van der Waals surface area (Å²) in [6, 6.07) is 13.3. The van der Waals surface area contributed by atoms with Gasteiger partial charge in [-0.1, -0.05) is 12.1 Å². The molecule has 2 rings (SSSR count). The molecule has 0 bridgehead atoms. The Labute approximate surface area is 123 Å². The van der Waals surface area contributed by atoms with Crippen molar-refractivity contribution in [1.29, 1.82) is 0 Å². The number of methoxy groups -OCH3 is 1. The molecule has 4 heteroatoms. The summed E-state index contributed by atoms with van der Waals surface area (Å²) in [4.78, 5) is 1.24. The molecule has 0 amide bonds. The monoisotopic (exact) mass is 291 g/mol.